The Bertz CT molecular complexity index is 966. The highest BCUT2D eigenvalue weighted by atomic mass is 16.5. The first-order valence-corrected chi connectivity index (χ1v) is 14.8. The maximum absolute atomic E-state index is 14.6. The van der Waals surface area contributed by atoms with Gasteiger partial charge in [0.25, 0.3) is 0 Å². The van der Waals surface area contributed by atoms with Crippen LogP contribution in [0.3, 0.4) is 0 Å². The van der Waals surface area contributed by atoms with E-state index in [1.807, 2.05) is 61.8 Å². The molecule has 2 fully saturated rings. The summed E-state index contributed by atoms with van der Waals surface area (Å²) in [6.07, 6.45) is 12.9. The summed E-state index contributed by atoms with van der Waals surface area (Å²) in [7, 11) is 0. The average Bonchev–Trinajstić information content (AvgIpc) is 3.21. The van der Waals surface area contributed by atoms with Crippen molar-refractivity contribution < 1.29 is 24.2 Å². The quantitative estimate of drug-likeness (QED) is 0.328. The second kappa shape index (κ2) is 11.5. The maximum Gasteiger partial charge on any atom is 0.249 e. The van der Waals surface area contributed by atoms with Crippen molar-refractivity contribution >= 4 is 17.7 Å². The molecule has 38 heavy (non-hydrogen) atoms. The van der Waals surface area contributed by atoms with E-state index in [0.717, 1.165) is 32.1 Å². The maximum atomic E-state index is 14.6. The van der Waals surface area contributed by atoms with Crippen LogP contribution < -0.4 is 0 Å². The summed E-state index contributed by atoms with van der Waals surface area (Å²) < 4.78 is 7.01. The van der Waals surface area contributed by atoms with E-state index in [-0.39, 0.29) is 30.2 Å². The molecule has 0 aromatic carbocycles. The van der Waals surface area contributed by atoms with Gasteiger partial charge in [-0.05, 0) is 25.2 Å². The van der Waals surface area contributed by atoms with Crippen LogP contribution in [0.4, 0.5) is 0 Å². The zero-order valence-corrected chi connectivity index (χ0v) is 23.9. The molecule has 0 radical (unpaired) electrons. The minimum Gasteiger partial charge on any atom is -0.394 e. The van der Waals surface area contributed by atoms with Crippen LogP contribution >= 0.6 is 0 Å². The predicted octanol–water partition coefficient (Wildman–Crippen LogP) is 3.15. The summed E-state index contributed by atoms with van der Waals surface area (Å²) >= 11 is 0. The smallest absolute Gasteiger partial charge is 0.249 e. The second-order valence-corrected chi connectivity index (χ2v) is 11.6. The van der Waals surface area contributed by atoms with E-state index in [4.69, 9.17) is 4.74 Å². The van der Waals surface area contributed by atoms with Crippen LogP contribution in [0.25, 0.3) is 0 Å². The number of carbonyl (C=O) groups excluding carboxylic acids is 3. The topological polar surface area (TPSA) is 90.4 Å². The van der Waals surface area contributed by atoms with Gasteiger partial charge >= 0.3 is 0 Å². The predicted molar refractivity (Wildman–Crippen MR) is 146 cm³/mol. The lowest BCUT2D eigenvalue weighted by molar-refractivity contribution is -0.158. The molecule has 4 heterocycles. The molecule has 0 aliphatic carbocycles. The molecular weight excluding hydrogens is 482 g/mol. The highest BCUT2D eigenvalue weighted by Crippen LogP contribution is 2.59. The van der Waals surface area contributed by atoms with E-state index >= 15 is 0 Å². The molecule has 8 heteroatoms. The Hall–Kier alpha value is -2.19. The Morgan fingerprint density at radius 2 is 1.61 bits per heavy atom. The van der Waals surface area contributed by atoms with E-state index in [1.165, 1.54) is 0 Å². The third kappa shape index (κ3) is 4.41. The van der Waals surface area contributed by atoms with Crippen LogP contribution in [0.2, 0.25) is 0 Å². The van der Waals surface area contributed by atoms with Gasteiger partial charge in [0.15, 0.2) is 0 Å². The van der Waals surface area contributed by atoms with Gasteiger partial charge in [0.2, 0.25) is 17.7 Å². The first-order chi connectivity index (χ1) is 18.3. The second-order valence-electron chi connectivity index (χ2n) is 11.6. The van der Waals surface area contributed by atoms with Crippen molar-refractivity contribution in [2.45, 2.75) is 96.4 Å². The molecule has 8 nitrogen and oxygen atoms in total. The lowest BCUT2D eigenvalue weighted by Gasteiger charge is -2.42. The first kappa shape index (κ1) is 28.8. The highest BCUT2D eigenvalue weighted by molar-refractivity contribution is 6.00. The van der Waals surface area contributed by atoms with Crippen LogP contribution in [-0.2, 0) is 19.1 Å². The van der Waals surface area contributed by atoms with Gasteiger partial charge in [-0.2, -0.15) is 0 Å². The van der Waals surface area contributed by atoms with Gasteiger partial charge in [-0.25, -0.2) is 0 Å². The van der Waals surface area contributed by atoms with E-state index in [2.05, 4.69) is 6.92 Å². The Balaban J connectivity index is 1.87. The Morgan fingerprint density at radius 3 is 2.21 bits per heavy atom. The number of ether oxygens (including phenoxy) is 1. The van der Waals surface area contributed by atoms with Crippen LogP contribution in [0, 0.1) is 17.8 Å². The van der Waals surface area contributed by atoms with E-state index < -0.39 is 35.1 Å². The number of nitrogens with zero attached hydrogens (tertiary/aromatic N) is 3. The first-order valence-electron chi connectivity index (χ1n) is 14.8. The Labute approximate surface area is 228 Å². The highest BCUT2D eigenvalue weighted by Gasteiger charge is 2.76. The summed E-state index contributed by atoms with van der Waals surface area (Å²) in [6.45, 7) is 12.1. The molecule has 0 aromatic rings. The zero-order chi connectivity index (χ0) is 27.7. The molecule has 0 aromatic heterocycles. The number of hydrogen-bond donors (Lipinski definition) is 1. The van der Waals surface area contributed by atoms with Crippen LogP contribution in [0.5, 0.6) is 0 Å². The fraction of sp³-hybridized carbons (Fsp3) is 0.767. The number of aliphatic hydroxyl groups is 1. The van der Waals surface area contributed by atoms with Crippen molar-refractivity contribution in [3.63, 3.8) is 0 Å². The SMILES string of the molecule is CCCCCN1CC=C[C@]23O[C@@]4(CC)C=CCN(CCC)C(=O)[C@H]4[C@H]2C(=O)N([C@@H](CO)[C@@H](C)CC)C3C1=O. The number of carbonyl (C=O) groups is 3. The molecule has 4 aliphatic rings. The van der Waals surface area contributed by atoms with Gasteiger partial charge in [-0.3, -0.25) is 14.4 Å². The van der Waals surface area contributed by atoms with Gasteiger partial charge in [0, 0.05) is 26.2 Å². The van der Waals surface area contributed by atoms with Crippen molar-refractivity contribution in [2.75, 3.05) is 32.8 Å². The molecule has 1 N–H and O–H groups in total. The number of fused-ring (bicyclic) bond motifs is 2. The summed E-state index contributed by atoms with van der Waals surface area (Å²) in [4.78, 5) is 48.4. The Kier molecular flexibility index (Phi) is 8.72. The standard InChI is InChI=1S/C30H47N3O5/c1-6-10-11-17-32-19-13-15-30-24(27(36)33(25(30)28(32)37)22(20-34)21(5)8-3)23-26(35)31(16-7-2)18-12-14-29(23,9-4)38-30/h12-15,21-25,34H,6-11,16-20H2,1-5H3/t21-,22-,23+,24-,25?,29-,30-/m0/s1. The molecule has 212 valence electrons. The number of aliphatic hydroxyl groups excluding tert-OH is 1. The molecule has 4 aliphatic heterocycles. The minimum absolute atomic E-state index is 0.0225. The number of likely N-dealkylation sites (tertiary alicyclic amines) is 1. The van der Waals surface area contributed by atoms with Gasteiger partial charge in [0.1, 0.15) is 11.6 Å². The summed E-state index contributed by atoms with van der Waals surface area (Å²) in [5.74, 6) is -2.04. The summed E-state index contributed by atoms with van der Waals surface area (Å²) in [5.41, 5.74) is -2.22. The van der Waals surface area contributed by atoms with Gasteiger partial charge < -0.3 is 24.5 Å². The molecule has 7 atom stereocenters. The van der Waals surface area contributed by atoms with Crippen molar-refractivity contribution in [3.05, 3.63) is 24.3 Å². The average molecular weight is 530 g/mol. The van der Waals surface area contributed by atoms with Gasteiger partial charge in [-0.1, -0.05) is 78.2 Å². The lowest BCUT2D eigenvalue weighted by atomic mass is 9.73. The summed E-state index contributed by atoms with van der Waals surface area (Å²) in [5, 5.41) is 10.5. The lowest BCUT2D eigenvalue weighted by Crippen LogP contribution is -2.60. The normalized spacial score (nSPS) is 34.2. The fourth-order valence-electron chi connectivity index (χ4n) is 7.19. The molecule has 0 bridgehead atoms. The van der Waals surface area contributed by atoms with Crippen LogP contribution in [0.1, 0.15) is 73.1 Å². The number of unbranched alkanes of at least 4 members (excludes halogenated alkanes) is 2. The van der Waals surface area contributed by atoms with Crippen molar-refractivity contribution in [1.29, 1.82) is 0 Å². The van der Waals surface area contributed by atoms with Crippen LogP contribution in [-0.4, -0.2) is 93.6 Å². The van der Waals surface area contributed by atoms with E-state index in [0.29, 0.717) is 32.6 Å². The van der Waals surface area contributed by atoms with Gasteiger partial charge in [-0.15, -0.1) is 0 Å². The van der Waals surface area contributed by atoms with Crippen molar-refractivity contribution in [3.8, 4) is 0 Å². The summed E-state index contributed by atoms with van der Waals surface area (Å²) in [6, 6.07) is -1.45. The Morgan fingerprint density at radius 1 is 0.921 bits per heavy atom. The van der Waals surface area contributed by atoms with Gasteiger partial charge in [0.05, 0.1) is 30.1 Å². The number of amides is 3. The molecule has 1 unspecified atom stereocenters. The largest absolute Gasteiger partial charge is 0.394 e. The number of rotatable bonds is 11. The zero-order valence-electron chi connectivity index (χ0n) is 23.9. The van der Waals surface area contributed by atoms with E-state index in [9.17, 15) is 19.5 Å². The molecule has 2 saturated heterocycles. The molecule has 0 saturated carbocycles. The number of hydrogen-bond acceptors (Lipinski definition) is 5. The van der Waals surface area contributed by atoms with Crippen molar-refractivity contribution in [1.82, 2.24) is 14.7 Å². The minimum atomic E-state index is -1.26. The molecular formula is C30H47N3O5. The molecule has 1 spiro atoms. The van der Waals surface area contributed by atoms with Crippen LogP contribution in [0.15, 0.2) is 24.3 Å². The third-order valence-corrected chi connectivity index (χ3v) is 9.41. The monoisotopic (exact) mass is 529 g/mol. The molecule has 3 amide bonds. The molecule has 4 rings (SSSR count). The van der Waals surface area contributed by atoms with E-state index in [1.54, 1.807) is 4.90 Å². The third-order valence-electron chi connectivity index (χ3n) is 9.41. The fourth-order valence-corrected chi connectivity index (χ4v) is 7.19. The van der Waals surface area contributed by atoms with Crippen molar-refractivity contribution in [2.24, 2.45) is 17.8 Å².